The predicted molar refractivity (Wildman–Crippen MR) is 62.4 cm³/mol. The van der Waals surface area contributed by atoms with Gasteiger partial charge >= 0.3 is 0 Å². The molecule has 2 atom stereocenters. The molecule has 15 heavy (non-hydrogen) atoms. The van der Waals surface area contributed by atoms with E-state index in [2.05, 4.69) is 26.1 Å². The van der Waals surface area contributed by atoms with Crippen LogP contribution in [0.4, 0.5) is 0 Å². The Kier molecular flexibility index (Phi) is 4.14. The van der Waals surface area contributed by atoms with Gasteiger partial charge in [-0.1, -0.05) is 27.2 Å². The summed E-state index contributed by atoms with van der Waals surface area (Å²) in [6, 6.07) is 0.0830. The molecule has 1 fully saturated rings. The lowest BCUT2D eigenvalue weighted by Gasteiger charge is -2.20. The van der Waals surface area contributed by atoms with Crippen LogP contribution in [0.15, 0.2) is 0 Å². The van der Waals surface area contributed by atoms with Crippen LogP contribution in [0.5, 0.6) is 0 Å². The van der Waals surface area contributed by atoms with E-state index in [1.165, 1.54) is 0 Å². The third kappa shape index (κ3) is 4.20. The van der Waals surface area contributed by atoms with Gasteiger partial charge in [0, 0.05) is 12.6 Å². The summed E-state index contributed by atoms with van der Waals surface area (Å²) in [7, 11) is 0. The number of nitrogens with one attached hydrogen (secondary N) is 1. The van der Waals surface area contributed by atoms with Crippen LogP contribution >= 0.6 is 0 Å². The van der Waals surface area contributed by atoms with Gasteiger partial charge in [0.25, 0.3) is 0 Å². The first-order valence-corrected chi connectivity index (χ1v) is 5.93. The van der Waals surface area contributed by atoms with Gasteiger partial charge in [0.2, 0.25) is 5.91 Å². The lowest BCUT2D eigenvalue weighted by atomic mass is 9.92. The number of carbonyl (C=O) groups excluding carboxylic acids is 1. The standard InChI is InChI=1S/C12H24N2O/c1-12(2,3)7-8-14-11(15)9-5-4-6-10(9)13/h9-10H,4-8,13H2,1-3H3,(H,14,15)/t9-,10+/m0/s1. The van der Waals surface area contributed by atoms with Crippen LogP contribution in [0.2, 0.25) is 0 Å². The quantitative estimate of drug-likeness (QED) is 0.747. The maximum atomic E-state index is 11.8. The van der Waals surface area contributed by atoms with Crippen molar-refractivity contribution in [2.75, 3.05) is 6.54 Å². The fourth-order valence-electron chi connectivity index (χ4n) is 2.01. The first kappa shape index (κ1) is 12.5. The summed E-state index contributed by atoms with van der Waals surface area (Å²) < 4.78 is 0. The molecule has 1 rings (SSSR count). The molecule has 0 aromatic rings. The molecule has 0 aliphatic heterocycles. The monoisotopic (exact) mass is 212 g/mol. The average Bonchev–Trinajstić information content (AvgIpc) is 2.48. The molecule has 0 heterocycles. The molecule has 88 valence electrons. The minimum atomic E-state index is 0.0602. The zero-order valence-electron chi connectivity index (χ0n) is 10.2. The van der Waals surface area contributed by atoms with Crippen molar-refractivity contribution in [3.8, 4) is 0 Å². The second-order valence-electron chi connectivity index (χ2n) is 5.80. The van der Waals surface area contributed by atoms with Gasteiger partial charge < -0.3 is 11.1 Å². The van der Waals surface area contributed by atoms with Gasteiger partial charge in [-0.05, 0) is 24.7 Å². The summed E-state index contributed by atoms with van der Waals surface area (Å²) >= 11 is 0. The molecule has 1 saturated carbocycles. The van der Waals surface area contributed by atoms with Gasteiger partial charge in [-0.2, -0.15) is 0 Å². The minimum Gasteiger partial charge on any atom is -0.356 e. The first-order chi connectivity index (χ1) is 6.90. The molecule has 3 nitrogen and oxygen atoms in total. The van der Waals surface area contributed by atoms with Gasteiger partial charge in [-0.25, -0.2) is 0 Å². The predicted octanol–water partition coefficient (Wildman–Crippen LogP) is 1.67. The Balaban J connectivity index is 2.24. The van der Waals surface area contributed by atoms with E-state index in [0.717, 1.165) is 32.2 Å². The largest absolute Gasteiger partial charge is 0.356 e. The number of rotatable bonds is 3. The van der Waals surface area contributed by atoms with Gasteiger partial charge in [0.1, 0.15) is 0 Å². The summed E-state index contributed by atoms with van der Waals surface area (Å²) in [5.41, 5.74) is 6.16. The highest BCUT2D eigenvalue weighted by atomic mass is 16.1. The number of amides is 1. The lowest BCUT2D eigenvalue weighted by molar-refractivity contribution is -0.125. The first-order valence-electron chi connectivity index (χ1n) is 5.93. The summed E-state index contributed by atoms with van der Waals surface area (Å²) in [4.78, 5) is 11.8. The average molecular weight is 212 g/mol. The third-order valence-electron chi connectivity index (χ3n) is 3.08. The van der Waals surface area contributed by atoms with Crippen molar-refractivity contribution in [3.63, 3.8) is 0 Å². The molecule has 0 radical (unpaired) electrons. The van der Waals surface area contributed by atoms with E-state index in [0.29, 0.717) is 0 Å². The Morgan fingerprint density at radius 1 is 1.40 bits per heavy atom. The van der Waals surface area contributed by atoms with Crippen LogP contribution in [0.1, 0.15) is 46.5 Å². The molecule has 1 amide bonds. The van der Waals surface area contributed by atoms with Gasteiger partial charge in [-0.15, -0.1) is 0 Å². The molecular formula is C12H24N2O. The summed E-state index contributed by atoms with van der Waals surface area (Å²) in [5, 5.41) is 2.99. The van der Waals surface area contributed by atoms with Gasteiger partial charge in [0.15, 0.2) is 0 Å². The Bertz CT molecular complexity index is 220. The maximum Gasteiger partial charge on any atom is 0.224 e. The van der Waals surface area contributed by atoms with Crippen LogP contribution in [0.3, 0.4) is 0 Å². The second kappa shape index (κ2) is 4.97. The lowest BCUT2D eigenvalue weighted by Crippen LogP contribution is -2.39. The molecule has 0 saturated heterocycles. The molecule has 0 spiro atoms. The summed E-state index contributed by atoms with van der Waals surface area (Å²) in [6.07, 6.45) is 4.07. The van der Waals surface area contributed by atoms with Crippen molar-refractivity contribution in [2.45, 2.75) is 52.5 Å². The zero-order valence-corrected chi connectivity index (χ0v) is 10.2. The van der Waals surface area contributed by atoms with Gasteiger partial charge in [-0.3, -0.25) is 4.79 Å². The van der Waals surface area contributed by atoms with E-state index in [1.54, 1.807) is 0 Å². The second-order valence-corrected chi connectivity index (χ2v) is 5.80. The van der Waals surface area contributed by atoms with Crippen LogP contribution in [-0.2, 0) is 4.79 Å². The molecule has 1 aliphatic carbocycles. The molecule has 3 heteroatoms. The summed E-state index contributed by atoms with van der Waals surface area (Å²) in [6.45, 7) is 7.31. The van der Waals surface area contributed by atoms with Crippen molar-refractivity contribution in [1.29, 1.82) is 0 Å². The van der Waals surface area contributed by atoms with E-state index < -0.39 is 0 Å². The SMILES string of the molecule is CC(C)(C)CCNC(=O)[C@H]1CCC[C@H]1N. The fraction of sp³-hybridized carbons (Fsp3) is 0.917. The van der Waals surface area contributed by atoms with E-state index in [9.17, 15) is 4.79 Å². The maximum absolute atomic E-state index is 11.8. The Hall–Kier alpha value is -0.570. The Morgan fingerprint density at radius 2 is 2.07 bits per heavy atom. The molecule has 0 bridgehead atoms. The van der Waals surface area contributed by atoms with Crippen molar-refractivity contribution in [2.24, 2.45) is 17.1 Å². The highest BCUT2D eigenvalue weighted by molar-refractivity contribution is 5.79. The number of nitrogens with two attached hydrogens (primary N) is 1. The van der Waals surface area contributed by atoms with Crippen LogP contribution in [0, 0.1) is 11.3 Å². The van der Waals surface area contributed by atoms with E-state index in [1.807, 2.05) is 0 Å². The molecule has 3 N–H and O–H groups in total. The Morgan fingerprint density at radius 3 is 2.53 bits per heavy atom. The Labute approximate surface area is 92.8 Å². The van der Waals surface area contributed by atoms with Crippen molar-refractivity contribution in [1.82, 2.24) is 5.32 Å². The topological polar surface area (TPSA) is 55.1 Å². The molecule has 0 aromatic heterocycles. The molecule has 1 aliphatic rings. The van der Waals surface area contributed by atoms with Gasteiger partial charge in [0.05, 0.1) is 5.92 Å². The summed E-state index contributed by atoms with van der Waals surface area (Å²) in [5.74, 6) is 0.217. The van der Waals surface area contributed by atoms with Crippen molar-refractivity contribution in [3.05, 3.63) is 0 Å². The smallest absolute Gasteiger partial charge is 0.224 e. The number of carbonyl (C=O) groups is 1. The van der Waals surface area contributed by atoms with Crippen molar-refractivity contribution >= 4 is 5.91 Å². The van der Waals surface area contributed by atoms with E-state index >= 15 is 0 Å². The minimum absolute atomic E-state index is 0.0602. The number of hydrogen-bond acceptors (Lipinski definition) is 2. The molecule has 0 aromatic carbocycles. The fourth-order valence-corrected chi connectivity index (χ4v) is 2.01. The van der Waals surface area contributed by atoms with E-state index in [4.69, 9.17) is 5.73 Å². The third-order valence-corrected chi connectivity index (χ3v) is 3.08. The van der Waals surface area contributed by atoms with Crippen LogP contribution in [0.25, 0.3) is 0 Å². The molecular weight excluding hydrogens is 188 g/mol. The normalized spacial score (nSPS) is 26.7. The molecule has 0 unspecified atom stereocenters. The number of hydrogen-bond donors (Lipinski definition) is 2. The zero-order chi connectivity index (χ0) is 11.5. The van der Waals surface area contributed by atoms with Crippen LogP contribution in [-0.4, -0.2) is 18.5 Å². The van der Waals surface area contributed by atoms with Crippen LogP contribution < -0.4 is 11.1 Å². The highest BCUT2D eigenvalue weighted by Crippen LogP contribution is 2.24. The highest BCUT2D eigenvalue weighted by Gasteiger charge is 2.29. The van der Waals surface area contributed by atoms with Crippen molar-refractivity contribution < 1.29 is 4.79 Å². The van der Waals surface area contributed by atoms with E-state index in [-0.39, 0.29) is 23.3 Å².